The number of carbonyl (C=O) groups is 1. The summed E-state index contributed by atoms with van der Waals surface area (Å²) in [5.74, 6) is -2.68. The van der Waals surface area contributed by atoms with E-state index in [0.717, 1.165) is 53.8 Å². The Morgan fingerprint density at radius 1 is 0.920 bits per heavy atom. The van der Waals surface area contributed by atoms with E-state index in [1.807, 2.05) is 30.3 Å². The van der Waals surface area contributed by atoms with Gasteiger partial charge < -0.3 is 14.6 Å². The number of sulfone groups is 1. The van der Waals surface area contributed by atoms with Crippen molar-refractivity contribution in [1.82, 2.24) is 9.78 Å². The standard InChI is InChI=1S/C39H43F3N2O5S/c1-2-3-4-5-6-7-8-11-19-49-36-23-29(22-33(36)38(45)46)50(47,48)37-18-17-26(21-34(37)39(40,41)42)28-24-43-44(25-28)35-16-12-15-31-30-14-10-9-13-27(30)20-32(31)35/h9-10,12-18,21,24-25,29,33,36H,2-8,11,19-20,22-23H2,1H3,(H,45,46)/p-1/t29-,33-,36-/m0/s1. The van der Waals surface area contributed by atoms with Gasteiger partial charge in [-0.3, -0.25) is 0 Å². The molecule has 2 aliphatic carbocycles. The molecular formula is C39H42F3N2O5S-. The number of carboxylic acid groups (broad SMARTS) is 1. The lowest BCUT2D eigenvalue weighted by Crippen LogP contribution is -2.37. The number of aromatic nitrogens is 2. The number of alkyl halides is 3. The van der Waals surface area contributed by atoms with Crippen molar-refractivity contribution in [3.05, 3.63) is 89.7 Å². The molecule has 0 radical (unpaired) electrons. The topological polar surface area (TPSA) is 101 Å². The maximum absolute atomic E-state index is 14.5. The van der Waals surface area contributed by atoms with E-state index in [4.69, 9.17) is 4.74 Å². The molecule has 0 spiro atoms. The van der Waals surface area contributed by atoms with Gasteiger partial charge in [0.25, 0.3) is 0 Å². The Kier molecular flexibility index (Phi) is 10.8. The molecule has 266 valence electrons. The minimum atomic E-state index is -4.99. The van der Waals surface area contributed by atoms with Crippen molar-refractivity contribution in [3.63, 3.8) is 0 Å². The summed E-state index contributed by atoms with van der Waals surface area (Å²) in [5, 5.41) is 15.1. The van der Waals surface area contributed by atoms with Crippen LogP contribution in [0.3, 0.4) is 0 Å². The quantitative estimate of drug-likeness (QED) is 0.102. The summed E-state index contributed by atoms with van der Waals surface area (Å²) in [5.41, 5.74) is 4.52. The molecule has 6 rings (SSSR count). The average Bonchev–Trinajstić information content (AvgIpc) is 3.84. The van der Waals surface area contributed by atoms with E-state index in [1.54, 1.807) is 10.9 Å². The van der Waals surface area contributed by atoms with Gasteiger partial charge in [-0.25, -0.2) is 13.1 Å². The van der Waals surface area contributed by atoms with Crippen LogP contribution in [0.15, 0.2) is 78.0 Å². The number of aliphatic carboxylic acids is 1. The molecule has 1 aromatic heterocycles. The number of fused-ring (bicyclic) bond motifs is 3. The van der Waals surface area contributed by atoms with Gasteiger partial charge in [-0.1, -0.05) is 94.3 Å². The molecule has 0 N–H and O–H groups in total. The number of unbranched alkanes of at least 4 members (excludes halogenated alkanes) is 7. The highest BCUT2D eigenvalue weighted by Crippen LogP contribution is 2.43. The van der Waals surface area contributed by atoms with Crippen molar-refractivity contribution in [2.75, 3.05) is 6.61 Å². The second-order valence-corrected chi connectivity index (χ2v) is 15.7. The molecule has 1 heterocycles. The van der Waals surface area contributed by atoms with E-state index in [0.29, 0.717) is 18.4 Å². The number of nitrogens with zero attached hydrogens (tertiary/aromatic N) is 2. The van der Waals surface area contributed by atoms with Gasteiger partial charge in [-0.15, -0.1) is 0 Å². The lowest BCUT2D eigenvalue weighted by molar-refractivity contribution is -0.314. The van der Waals surface area contributed by atoms with Crippen LogP contribution in [-0.4, -0.2) is 42.1 Å². The molecule has 0 aliphatic heterocycles. The molecule has 11 heteroatoms. The van der Waals surface area contributed by atoms with Gasteiger partial charge in [0.05, 0.1) is 33.7 Å². The first-order valence-electron chi connectivity index (χ1n) is 17.5. The van der Waals surface area contributed by atoms with Crippen LogP contribution in [0.1, 0.15) is 87.8 Å². The maximum atomic E-state index is 14.5. The molecular weight excluding hydrogens is 665 g/mol. The largest absolute Gasteiger partial charge is 0.550 e. The van der Waals surface area contributed by atoms with Crippen LogP contribution < -0.4 is 5.11 Å². The van der Waals surface area contributed by atoms with Gasteiger partial charge in [0.15, 0.2) is 9.84 Å². The minimum Gasteiger partial charge on any atom is -0.550 e. The van der Waals surface area contributed by atoms with Crippen LogP contribution in [0.5, 0.6) is 0 Å². The molecule has 7 nitrogen and oxygen atoms in total. The minimum absolute atomic E-state index is 0.156. The number of hydrogen-bond acceptors (Lipinski definition) is 6. The Labute approximate surface area is 291 Å². The van der Waals surface area contributed by atoms with Gasteiger partial charge in [-0.05, 0) is 65.3 Å². The maximum Gasteiger partial charge on any atom is 0.417 e. The molecule has 3 aromatic carbocycles. The third kappa shape index (κ3) is 7.54. The second kappa shape index (κ2) is 15.1. The third-order valence-electron chi connectivity index (χ3n) is 10.1. The highest BCUT2D eigenvalue weighted by atomic mass is 32.2. The third-order valence-corrected chi connectivity index (χ3v) is 12.3. The van der Waals surface area contributed by atoms with Crippen molar-refractivity contribution < 1.29 is 36.2 Å². The molecule has 50 heavy (non-hydrogen) atoms. The highest BCUT2D eigenvalue weighted by Gasteiger charge is 2.46. The van der Waals surface area contributed by atoms with E-state index in [9.17, 15) is 31.5 Å². The first-order valence-corrected chi connectivity index (χ1v) is 19.1. The molecule has 0 bridgehead atoms. The Hall–Kier alpha value is -3.96. The molecule has 1 saturated carbocycles. The van der Waals surface area contributed by atoms with Gasteiger partial charge in [0.2, 0.25) is 0 Å². The van der Waals surface area contributed by atoms with E-state index in [-0.39, 0.29) is 25.0 Å². The van der Waals surface area contributed by atoms with Gasteiger partial charge in [0.1, 0.15) is 0 Å². The summed E-state index contributed by atoms with van der Waals surface area (Å²) in [7, 11) is -4.58. The molecule has 0 unspecified atom stereocenters. The first-order chi connectivity index (χ1) is 24.0. The van der Waals surface area contributed by atoms with Gasteiger partial charge in [0, 0.05) is 36.7 Å². The number of carbonyl (C=O) groups excluding carboxylic acids is 1. The Balaban J connectivity index is 1.18. The monoisotopic (exact) mass is 707 g/mol. The summed E-state index contributed by atoms with van der Waals surface area (Å²) in [6.45, 7) is 2.42. The van der Waals surface area contributed by atoms with Crippen LogP contribution in [0.2, 0.25) is 0 Å². The van der Waals surface area contributed by atoms with Crippen LogP contribution >= 0.6 is 0 Å². The number of benzene rings is 3. The second-order valence-electron chi connectivity index (χ2n) is 13.5. The molecule has 0 saturated heterocycles. The fraction of sp³-hybridized carbons (Fsp3) is 0.436. The molecule has 4 aromatic rings. The lowest BCUT2D eigenvalue weighted by Gasteiger charge is -2.20. The highest BCUT2D eigenvalue weighted by molar-refractivity contribution is 7.92. The number of hydrogen-bond donors (Lipinski definition) is 0. The predicted molar refractivity (Wildman–Crippen MR) is 183 cm³/mol. The SMILES string of the molecule is CCCCCCCCCCO[C@H]1C[C@@H](S(=O)(=O)c2ccc(-c3cnn(-c4cccc5c4Cc4ccccc4-5)c3)cc2C(F)(F)F)C[C@@H]1C(=O)[O-]. The van der Waals surface area contributed by atoms with E-state index in [1.165, 1.54) is 43.5 Å². The summed E-state index contributed by atoms with van der Waals surface area (Å²) in [6.07, 6.45) is 5.76. The van der Waals surface area contributed by atoms with Gasteiger partial charge >= 0.3 is 6.18 Å². The van der Waals surface area contributed by atoms with Gasteiger partial charge in [-0.2, -0.15) is 18.3 Å². The summed E-state index contributed by atoms with van der Waals surface area (Å²) >= 11 is 0. The average molecular weight is 708 g/mol. The summed E-state index contributed by atoms with van der Waals surface area (Å²) in [4.78, 5) is 11.1. The van der Waals surface area contributed by atoms with Crippen molar-refractivity contribution >= 4 is 15.8 Å². The van der Waals surface area contributed by atoms with Crippen molar-refractivity contribution in [1.29, 1.82) is 0 Å². The Morgan fingerprint density at radius 3 is 2.38 bits per heavy atom. The van der Waals surface area contributed by atoms with E-state index < -0.39 is 49.7 Å². The number of halogens is 3. The van der Waals surface area contributed by atoms with Crippen molar-refractivity contribution in [2.24, 2.45) is 5.92 Å². The van der Waals surface area contributed by atoms with Crippen molar-refractivity contribution in [3.8, 4) is 27.9 Å². The summed E-state index contributed by atoms with van der Waals surface area (Å²) < 4.78 is 78.6. The smallest absolute Gasteiger partial charge is 0.417 e. The molecule has 3 atom stereocenters. The number of carboxylic acids is 1. The molecule has 1 fully saturated rings. The van der Waals surface area contributed by atoms with Crippen LogP contribution in [0, 0.1) is 5.92 Å². The van der Waals surface area contributed by atoms with E-state index >= 15 is 0 Å². The van der Waals surface area contributed by atoms with E-state index in [2.05, 4.69) is 24.2 Å². The Morgan fingerprint density at radius 2 is 1.64 bits per heavy atom. The number of rotatable bonds is 15. The fourth-order valence-electron chi connectivity index (χ4n) is 7.43. The zero-order valence-corrected chi connectivity index (χ0v) is 28.9. The van der Waals surface area contributed by atoms with Crippen molar-refractivity contribution in [2.45, 2.75) is 100.0 Å². The zero-order valence-electron chi connectivity index (χ0n) is 28.1. The predicted octanol–water partition coefficient (Wildman–Crippen LogP) is 7.96. The Bertz CT molecular complexity index is 1940. The van der Waals surface area contributed by atoms with Crippen LogP contribution in [0.25, 0.3) is 27.9 Å². The molecule has 2 aliphatic rings. The fourth-order valence-corrected chi connectivity index (χ4v) is 9.43. The zero-order chi connectivity index (χ0) is 35.5. The number of ether oxygens (including phenoxy) is 1. The first kappa shape index (κ1) is 35.9. The van der Waals surface area contributed by atoms with Crippen LogP contribution in [-0.2, 0) is 32.0 Å². The van der Waals surface area contributed by atoms with Crippen LogP contribution in [0.4, 0.5) is 13.2 Å². The summed E-state index contributed by atoms with van der Waals surface area (Å²) in [6, 6.07) is 17.1. The molecule has 0 amide bonds. The normalized spacial score (nSPS) is 18.7. The lowest BCUT2D eigenvalue weighted by atomic mass is 10.0.